The summed E-state index contributed by atoms with van der Waals surface area (Å²) in [6, 6.07) is 2.45. The smallest absolute Gasteiger partial charge is 0.173 e. The molecule has 1 aromatic carbocycles. The quantitative estimate of drug-likeness (QED) is 0.634. The Balaban J connectivity index is 2.95. The number of carbonyl (C=O) groups excluding carboxylic acids is 1. The van der Waals surface area contributed by atoms with Crippen molar-refractivity contribution in [3.8, 4) is 0 Å². The van der Waals surface area contributed by atoms with Gasteiger partial charge in [-0.15, -0.1) is 0 Å². The van der Waals surface area contributed by atoms with E-state index >= 15 is 0 Å². The average molecular weight is 182 g/mol. The van der Waals surface area contributed by atoms with Gasteiger partial charge in [0.1, 0.15) is 5.58 Å². The van der Waals surface area contributed by atoms with Crippen LogP contribution in [0.5, 0.6) is 0 Å². The molecule has 0 radical (unpaired) electrons. The predicted molar refractivity (Wildman–Crippen MR) is 41.5 cm³/mol. The number of furan rings is 1. The standard InChI is InChI=1S/C9H4F2O2/c10-7-3-5-1-2-13-9(5)6(4-12)8(7)11/h1-4H. The number of aldehydes is 1. The van der Waals surface area contributed by atoms with E-state index in [4.69, 9.17) is 4.42 Å². The molecule has 66 valence electrons. The average Bonchev–Trinajstić information content (AvgIpc) is 2.54. The Bertz CT molecular complexity index is 474. The second kappa shape index (κ2) is 2.65. The van der Waals surface area contributed by atoms with Crippen LogP contribution >= 0.6 is 0 Å². The van der Waals surface area contributed by atoms with Crippen LogP contribution in [-0.4, -0.2) is 6.29 Å². The molecule has 2 aromatic rings. The zero-order valence-corrected chi connectivity index (χ0v) is 6.38. The van der Waals surface area contributed by atoms with Crippen LogP contribution in [-0.2, 0) is 0 Å². The highest BCUT2D eigenvalue weighted by Crippen LogP contribution is 2.23. The fourth-order valence-electron chi connectivity index (χ4n) is 1.19. The van der Waals surface area contributed by atoms with Crippen molar-refractivity contribution in [2.24, 2.45) is 0 Å². The highest BCUT2D eigenvalue weighted by molar-refractivity contribution is 5.94. The van der Waals surface area contributed by atoms with Gasteiger partial charge in [0, 0.05) is 5.39 Å². The first kappa shape index (κ1) is 7.91. The third kappa shape index (κ3) is 1.02. The fourth-order valence-corrected chi connectivity index (χ4v) is 1.19. The number of hydrogen-bond acceptors (Lipinski definition) is 2. The Kier molecular flexibility index (Phi) is 1.62. The summed E-state index contributed by atoms with van der Waals surface area (Å²) in [6.45, 7) is 0. The molecule has 0 aliphatic carbocycles. The van der Waals surface area contributed by atoms with E-state index in [0.29, 0.717) is 5.39 Å². The van der Waals surface area contributed by atoms with Crippen LogP contribution in [0.1, 0.15) is 10.4 Å². The van der Waals surface area contributed by atoms with Crippen LogP contribution < -0.4 is 0 Å². The molecule has 0 saturated carbocycles. The van der Waals surface area contributed by atoms with Crippen molar-refractivity contribution < 1.29 is 18.0 Å². The lowest BCUT2D eigenvalue weighted by atomic mass is 10.1. The van der Waals surface area contributed by atoms with Gasteiger partial charge in [-0.1, -0.05) is 0 Å². The summed E-state index contributed by atoms with van der Waals surface area (Å²) < 4.78 is 30.6. The molecule has 2 rings (SSSR count). The molecule has 0 bridgehead atoms. The minimum atomic E-state index is -1.17. The number of hydrogen-bond donors (Lipinski definition) is 0. The third-order valence-corrected chi connectivity index (χ3v) is 1.79. The number of benzene rings is 1. The van der Waals surface area contributed by atoms with E-state index in [9.17, 15) is 13.6 Å². The molecule has 13 heavy (non-hydrogen) atoms. The maximum atomic E-state index is 12.9. The minimum absolute atomic E-state index is 0.0777. The lowest BCUT2D eigenvalue weighted by Crippen LogP contribution is -1.92. The van der Waals surface area contributed by atoms with E-state index in [-0.39, 0.29) is 17.4 Å². The number of carbonyl (C=O) groups is 1. The van der Waals surface area contributed by atoms with Crippen LogP contribution in [0.4, 0.5) is 8.78 Å². The summed E-state index contributed by atoms with van der Waals surface area (Å²) in [5.41, 5.74) is -0.297. The topological polar surface area (TPSA) is 30.2 Å². The summed E-state index contributed by atoms with van der Waals surface area (Å²) >= 11 is 0. The number of rotatable bonds is 1. The van der Waals surface area contributed by atoms with Crippen LogP contribution in [0.3, 0.4) is 0 Å². The molecule has 0 fully saturated rings. The van der Waals surface area contributed by atoms with Crippen LogP contribution in [0.2, 0.25) is 0 Å². The molecule has 0 spiro atoms. The van der Waals surface area contributed by atoms with Gasteiger partial charge < -0.3 is 4.42 Å². The van der Waals surface area contributed by atoms with Crippen molar-refractivity contribution >= 4 is 17.3 Å². The van der Waals surface area contributed by atoms with Gasteiger partial charge in [0.05, 0.1) is 11.8 Å². The molecule has 0 atom stereocenters. The Labute approximate surface area is 71.8 Å². The molecule has 0 aliphatic rings. The van der Waals surface area contributed by atoms with E-state index in [1.54, 1.807) is 0 Å². The SMILES string of the molecule is O=Cc1c(F)c(F)cc2ccoc12. The second-order valence-electron chi connectivity index (χ2n) is 2.54. The first-order valence-corrected chi connectivity index (χ1v) is 3.54. The molecule has 0 unspecified atom stereocenters. The second-order valence-corrected chi connectivity index (χ2v) is 2.54. The lowest BCUT2D eigenvalue weighted by molar-refractivity contribution is 0.111. The number of fused-ring (bicyclic) bond motifs is 1. The number of halogens is 2. The molecule has 4 heteroatoms. The van der Waals surface area contributed by atoms with Crippen molar-refractivity contribution in [2.45, 2.75) is 0 Å². The lowest BCUT2D eigenvalue weighted by Gasteiger charge is -1.96. The van der Waals surface area contributed by atoms with Gasteiger partial charge in [-0.3, -0.25) is 4.79 Å². The van der Waals surface area contributed by atoms with E-state index in [1.807, 2.05) is 0 Å². The van der Waals surface area contributed by atoms with Gasteiger partial charge in [0.2, 0.25) is 0 Å². The van der Waals surface area contributed by atoms with Gasteiger partial charge >= 0.3 is 0 Å². The molecule has 0 amide bonds. The Hall–Kier alpha value is -1.71. The highest BCUT2D eigenvalue weighted by Gasteiger charge is 2.14. The van der Waals surface area contributed by atoms with Crippen molar-refractivity contribution in [1.82, 2.24) is 0 Å². The van der Waals surface area contributed by atoms with Gasteiger partial charge in [-0.05, 0) is 12.1 Å². The normalized spacial score (nSPS) is 10.6. The Morgan fingerprint density at radius 2 is 2.15 bits per heavy atom. The van der Waals surface area contributed by atoms with Crippen molar-refractivity contribution in [2.75, 3.05) is 0 Å². The monoisotopic (exact) mass is 182 g/mol. The van der Waals surface area contributed by atoms with Gasteiger partial charge in [0.15, 0.2) is 17.9 Å². The highest BCUT2D eigenvalue weighted by atomic mass is 19.2. The van der Waals surface area contributed by atoms with Gasteiger partial charge in [-0.25, -0.2) is 8.78 Å². The molecule has 0 N–H and O–H groups in total. The van der Waals surface area contributed by atoms with Crippen LogP contribution in [0.25, 0.3) is 11.0 Å². The van der Waals surface area contributed by atoms with Gasteiger partial charge in [0.25, 0.3) is 0 Å². The van der Waals surface area contributed by atoms with Crippen molar-refractivity contribution in [1.29, 1.82) is 0 Å². The maximum absolute atomic E-state index is 12.9. The molecular formula is C9H4F2O2. The van der Waals surface area contributed by atoms with E-state index in [0.717, 1.165) is 6.07 Å². The molecular weight excluding hydrogens is 178 g/mol. The van der Waals surface area contributed by atoms with E-state index in [1.165, 1.54) is 12.3 Å². The first-order valence-electron chi connectivity index (χ1n) is 3.54. The fraction of sp³-hybridized carbons (Fsp3) is 0. The van der Waals surface area contributed by atoms with Crippen molar-refractivity contribution in [3.63, 3.8) is 0 Å². The molecule has 1 aromatic heterocycles. The molecule has 1 heterocycles. The zero-order valence-electron chi connectivity index (χ0n) is 6.38. The van der Waals surface area contributed by atoms with Crippen LogP contribution in [0, 0.1) is 11.6 Å². The van der Waals surface area contributed by atoms with E-state index < -0.39 is 11.6 Å². The van der Waals surface area contributed by atoms with Crippen LogP contribution in [0.15, 0.2) is 22.8 Å². The minimum Gasteiger partial charge on any atom is -0.463 e. The third-order valence-electron chi connectivity index (χ3n) is 1.79. The largest absolute Gasteiger partial charge is 0.463 e. The molecule has 0 aliphatic heterocycles. The maximum Gasteiger partial charge on any atom is 0.173 e. The summed E-state index contributed by atoms with van der Waals surface area (Å²) in [5, 5.41) is 0.376. The summed E-state index contributed by atoms with van der Waals surface area (Å²) in [7, 11) is 0. The summed E-state index contributed by atoms with van der Waals surface area (Å²) in [4.78, 5) is 10.4. The Morgan fingerprint density at radius 3 is 2.85 bits per heavy atom. The van der Waals surface area contributed by atoms with Gasteiger partial charge in [-0.2, -0.15) is 0 Å². The predicted octanol–water partition coefficient (Wildman–Crippen LogP) is 2.52. The Morgan fingerprint density at radius 1 is 1.38 bits per heavy atom. The molecule has 2 nitrogen and oxygen atoms in total. The van der Waals surface area contributed by atoms with E-state index in [2.05, 4.69) is 0 Å². The first-order chi connectivity index (χ1) is 6.24. The van der Waals surface area contributed by atoms with Crippen molar-refractivity contribution in [3.05, 3.63) is 35.6 Å². The summed E-state index contributed by atoms with van der Waals surface area (Å²) in [6.07, 6.45) is 1.51. The summed E-state index contributed by atoms with van der Waals surface area (Å²) in [5.74, 6) is -2.21. The zero-order chi connectivity index (χ0) is 9.42. The molecule has 0 saturated heterocycles.